The average Bonchev–Trinajstić information content (AvgIpc) is 3.11. The highest BCUT2D eigenvalue weighted by Crippen LogP contribution is 2.41. The minimum absolute atomic E-state index is 0.148. The van der Waals surface area contributed by atoms with Crippen molar-refractivity contribution in [1.29, 1.82) is 0 Å². The van der Waals surface area contributed by atoms with E-state index in [2.05, 4.69) is 21.6 Å². The Kier molecular flexibility index (Phi) is 4.27. The number of halogens is 1. The molecule has 0 bridgehead atoms. The molecule has 1 aromatic heterocycles. The number of aromatic amines is 1. The zero-order chi connectivity index (χ0) is 17.3. The van der Waals surface area contributed by atoms with Crippen LogP contribution in [0.5, 0.6) is 11.5 Å². The minimum Gasteiger partial charge on any atom is -0.454 e. The van der Waals surface area contributed by atoms with E-state index in [-0.39, 0.29) is 22.9 Å². The van der Waals surface area contributed by atoms with Gasteiger partial charge in [-0.1, -0.05) is 17.7 Å². The molecule has 0 amide bonds. The molecule has 2 aromatic rings. The van der Waals surface area contributed by atoms with E-state index >= 15 is 0 Å². The van der Waals surface area contributed by atoms with Crippen molar-refractivity contribution in [1.82, 2.24) is 10.2 Å². The highest BCUT2D eigenvalue weighted by atomic mass is 35.5. The van der Waals surface area contributed by atoms with Gasteiger partial charge in [0.1, 0.15) is 0 Å². The standard InChI is InChI=1S/C17H18ClN3O4/c18-16-12(8-15(22)20-21-16)19-9-17(3-5-23-6-4-17)11-1-2-13-14(7-11)25-10-24-13/h1-2,7-8H,3-6,9-10H2,(H2,19,20,22). The third-order valence-electron chi connectivity index (χ3n) is 4.81. The lowest BCUT2D eigenvalue weighted by Gasteiger charge is -2.38. The molecule has 0 unspecified atom stereocenters. The summed E-state index contributed by atoms with van der Waals surface area (Å²) in [5.74, 6) is 1.53. The SMILES string of the molecule is O=c1cc(NCC2(c3ccc4c(c3)OCO4)CCOCC2)c(Cl)n[nH]1. The maximum Gasteiger partial charge on any atom is 0.266 e. The molecule has 7 nitrogen and oxygen atoms in total. The number of anilines is 1. The van der Waals surface area contributed by atoms with Crippen molar-refractivity contribution < 1.29 is 14.2 Å². The van der Waals surface area contributed by atoms with Crippen LogP contribution in [0.3, 0.4) is 0 Å². The van der Waals surface area contributed by atoms with Crippen molar-refractivity contribution in [3.05, 3.63) is 45.3 Å². The van der Waals surface area contributed by atoms with E-state index in [9.17, 15) is 4.79 Å². The van der Waals surface area contributed by atoms with Gasteiger partial charge in [0.15, 0.2) is 16.7 Å². The fourth-order valence-corrected chi connectivity index (χ4v) is 3.50. The van der Waals surface area contributed by atoms with Gasteiger partial charge in [-0.2, -0.15) is 5.10 Å². The van der Waals surface area contributed by atoms with Crippen molar-refractivity contribution in [2.45, 2.75) is 18.3 Å². The van der Waals surface area contributed by atoms with Crippen LogP contribution in [-0.2, 0) is 10.2 Å². The molecule has 1 aromatic carbocycles. The summed E-state index contributed by atoms with van der Waals surface area (Å²) in [5, 5.41) is 9.64. The van der Waals surface area contributed by atoms with Crippen molar-refractivity contribution >= 4 is 17.3 Å². The molecule has 2 aliphatic heterocycles. The topological polar surface area (TPSA) is 85.5 Å². The fourth-order valence-electron chi connectivity index (χ4n) is 3.33. The van der Waals surface area contributed by atoms with Crippen molar-refractivity contribution in [3.8, 4) is 11.5 Å². The molecule has 2 N–H and O–H groups in total. The summed E-state index contributed by atoms with van der Waals surface area (Å²) in [7, 11) is 0. The number of fused-ring (bicyclic) bond motifs is 1. The number of hydrogen-bond donors (Lipinski definition) is 2. The lowest BCUT2D eigenvalue weighted by Crippen LogP contribution is -2.40. The number of rotatable bonds is 4. The lowest BCUT2D eigenvalue weighted by atomic mass is 9.74. The Morgan fingerprint density at radius 2 is 2.00 bits per heavy atom. The summed E-state index contributed by atoms with van der Waals surface area (Å²) in [4.78, 5) is 11.5. The number of hydrogen-bond acceptors (Lipinski definition) is 6. The summed E-state index contributed by atoms with van der Waals surface area (Å²) >= 11 is 6.08. The van der Waals surface area contributed by atoms with E-state index < -0.39 is 0 Å². The fraction of sp³-hybridized carbons (Fsp3) is 0.412. The smallest absolute Gasteiger partial charge is 0.266 e. The van der Waals surface area contributed by atoms with Crippen LogP contribution in [0.4, 0.5) is 5.69 Å². The Bertz CT molecular complexity index is 833. The molecule has 1 saturated heterocycles. The van der Waals surface area contributed by atoms with Gasteiger partial charge in [0.05, 0.1) is 5.69 Å². The predicted octanol–water partition coefficient (Wildman–Crippen LogP) is 2.31. The molecular weight excluding hydrogens is 346 g/mol. The van der Waals surface area contributed by atoms with Crippen molar-refractivity contribution in [3.63, 3.8) is 0 Å². The number of H-pyrrole nitrogens is 1. The molecule has 4 rings (SSSR count). The highest BCUT2D eigenvalue weighted by Gasteiger charge is 2.35. The van der Waals surface area contributed by atoms with Gasteiger partial charge >= 0.3 is 0 Å². The summed E-state index contributed by atoms with van der Waals surface area (Å²) in [6, 6.07) is 7.46. The number of nitrogens with zero attached hydrogens (tertiary/aromatic N) is 1. The average molecular weight is 364 g/mol. The molecule has 0 saturated carbocycles. The molecule has 2 aliphatic rings. The van der Waals surface area contributed by atoms with Gasteiger partial charge in [0.2, 0.25) is 6.79 Å². The quantitative estimate of drug-likeness (QED) is 0.867. The van der Waals surface area contributed by atoms with E-state index in [1.165, 1.54) is 6.07 Å². The zero-order valence-electron chi connectivity index (χ0n) is 13.5. The number of nitrogens with one attached hydrogen (secondary N) is 2. The normalized spacial score (nSPS) is 18.1. The van der Waals surface area contributed by atoms with E-state index in [1.54, 1.807) is 0 Å². The minimum atomic E-state index is -0.295. The molecule has 0 spiro atoms. The number of benzene rings is 1. The van der Waals surface area contributed by atoms with Crippen LogP contribution < -0.4 is 20.3 Å². The summed E-state index contributed by atoms with van der Waals surface area (Å²) in [6.07, 6.45) is 1.71. The predicted molar refractivity (Wildman–Crippen MR) is 92.7 cm³/mol. The number of ether oxygens (including phenoxy) is 3. The van der Waals surface area contributed by atoms with E-state index in [4.69, 9.17) is 25.8 Å². The maximum absolute atomic E-state index is 11.5. The van der Waals surface area contributed by atoms with Crippen LogP contribution in [0, 0.1) is 0 Å². The van der Waals surface area contributed by atoms with Crippen LogP contribution in [0.25, 0.3) is 0 Å². The van der Waals surface area contributed by atoms with Gasteiger partial charge in [-0.25, -0.2) is 5.10 Å². The van der Waals surface area contributed by atoms with Crippen LogP contribution in [0.15, 0.2) is 29.1 Å². The third kappa shape index (κ3) is 3.17. The summed E-state index contributed by atoms with van der Waals surface area (Å²) in [6.45, 7) is 2.22. The Morgan fingerprint density at radius 3 is 2.84 bits per heavy atom. The second kappa shape index (κ2) is 6.57. The van der Waals surface area contributed by atoms with Crippen LogP contribution in [0.1, 0.15) is 18.4 Å². The van der Waals surface area contributed by atoms with Crippen LogP contribution in [-0.4, -0.2) is 36.7 Å². The van der Waals surface area contributed by atoms with Gasteiger partial charge < -0.3 is 19.5 Å². The first-order chi connectivity index (χ1) is 12.2. The molecule has 0 radical (unpaired) electrons. The van der Waals surface area contributed by atoms with Crippen molar-refractivity contribution in [2.24, 2.45) is 0 Å². The molecule has 3 heterocycles. The first-order valence-corrected chi connectivity index (χ1v) is 8.51. The van der Waals surface area contributed by atoms with E-state index in [1.807, 2.05) is 12.1 Å². The molecule has 0 atom stereocenters. The zero-order valence-corrected chi connectivity index (χ0v) is 14.3. The molecule has 8 heteroatoms. The van der Waals surface area contributed by atoms with Crippen molar-refractivity contribution in [2.75, 3.05) is 31.9 Å². The van der Waals surface area contributed by atoms with Gasteiger partial charge in [-0.3, -0.25) is 4.79 Å². The first-order valence-electron chi connectivity index (χ1n) is 8.13. The van der Waals surface area contributed by atoms with E-state index in [0.29, 0.717) is 25.4 Å². The maximum atomic E-state index is 11.5. The Labute approximate surface area is 149 Å². The van der Waals surface area contributed by atoms with Gasteiger partial charge in [-0.05, 0) is 30.5 Å². The van der Waals surface area contributed by atoms with Gasteiger partial charge in [-0.15, -0.1) is 0 Å². The molecular formula is C17H18ClN3O4. The largest absolute Gasteiger partial charge is 0.454 e. The molecule has 132 valence electrons. The number of aromatic nitrogens is 2. The summed E-state index contributed by atoms with van der Waals surface area (Å²) < 4.78 is 16.5. The molecule has 25 heavy (non-hydrogen) atoms. The Morgan fingerprint density at radius 1 is 1.20 bits per heavy atom. The Hall–Kier alpha value is -2.25. The highest BCUT2D eigenvalue weighted by molar-refractivity contribution is 6.31. The summed E-state index contributed by atoms with van der Waals surface area (Å²) in [5.41, 5.74) is 1.24. The Balaban J connectivity index is 1.63. The molecule has 1 fully saturated rings. The molecule has 0 aliphatic carbocycles. The van der Waals surface area contributed by atoms with Crippen LogP contribution >= 0.6 is 11.6 Å². The van der Waals surface area contributed by atoms with Crippen LogP contribution in [0.2, 0.25) is 5.15 Å². The second-order valence-corrected chi connectivity index (χ2v) is 6.61. The monoisotopic (exact) mass is 363 g/mol. The van der Waals surface area contributed by atoms with Gasteiger partial charge in [0, 0.05) is 31.2 Å². The lowest BCUT2D eigenvalue weighted by molar-refractivity contribution is 0.0543. The van der Waals surface area contributed by atoms with Gasteiger partial charge in [0.25, 0.3) is 5.56 Å². The second-order valence-electron chi connectivity index (χ2n) is 6.25. The first kappa shape index (κ1) is 16.2. The third-order valence-corrected chi connectivity index (χ3v) is 5.10. The van der Waals surface area contributed by atoms with E-state index in [0.717, 1.165) is 29.9 Å².